The fourth-order valence-electron chi connectivity index (χ4n) is 2.20. The standard InChI is InChI=1S/C14H28N2O3/c1-6-12(17)10-16-8-7-11(9-16)15(5)13(18)19-14(2,3)4/h11-12,17H,6-10H2,1-5H3. The van der Waals surface area contributed by atoms with Gasteiger partial charge < -0.3 is 14.7 Å². The number of hydrogen-bond donors (Lipinski definition) is 1. The Morgan fingerprint density at radius 3 is 2.68 bits per heavy atom. The maximum atomic E-state index is 12.0. The maximum Gasteiger partial charge on any atom is 0.410 e. The van der Waals surface area contributed by atoms with E-state index in [2.05, 4.69) is 4.90 Å². The quantitative estimate of drug-likeness (QED) is 0.846. The van der Waals surface area contributed by atoms with Gasteiger partial charge in [0.05, 0.1) is 6.10 Å². The Balaban J connectivity index is 2.43. The van der Waals surface area contributed by atoms with Crippen LogP contribution in [0, 0.1) is 0 Å². The van der Waals surface area contributed by atoms with Crippen molar-refractivity contribution in [1.82, 2.24) is 9.80 Å². The molecule has 0 radical (unpaired) electrons. The Hall–Kier alpha value is -0.810. The zero-order chi connectivity index (χ0) is 14.6. The highest BCUT2D eigenvalue weighted by Gasteiger charge is 2.31. The Morgan fingerprint density at radius 2 is 2.16 bits per heavy atom. The van der Waals surface area contributed by atoms with Crippen molar-refractivity contribution in [3.05, 3.63) is 0 Å². The van der Waals surface area contributed by atoms with E-state index in [0.717, 1.165) is 25.9 Å². The molecule has 0 aliphatic carbocycles. The molecule has 1 aliphatic heterocycles. The summed E-state index contributed by atoms with van der Waals surface area (Å²) in [5.74, 6) is 0. The molecule has 0 aromatic heterocycles. The maximum absolute atomic E-state index is 12.0. The normalized spacial score (nSPS) is 22.3. The van der Waals surface area contributed by atoms with E-state index in [4.69, 9.17) is 4.74 Å². The lowest BCUT2D eigenvalue weighted by atomic mass is 10.2. The topological polar surface area (TPSA) is 53.0 Å². The second kappa shape index (κ2) is 6.57. The van der Waals surface area contributed by atoms with E-state index in [9.17, 15) is 9.90 Å². The molecule has 1 N–H and O–H groups in total. The number of aliphatic hydroxyl groups excluding tert-OH is 1. The van der Waals surface area contributed by atoms with Crippen LogP contribution >= 0.6 is 0 Å². The Morgan fingerprint density at radius 1 is 1.53 bits per heavy atom. The van der Waals surface area contributed by atoms with Crippen molar-refractivity contribution < 1.29 is 14.6 Å². The number of β-amino-alcohol motifs (C(OH)–C–C–N with tert-alkyl or cyclic N) is 1. The molecule has 1 amide bonds. The van der Waals surface area contributed by atoms with Crippen LogP contribution in [0.15, 0.2) is 0 Å². The van der Waals surface area contributed by atoms with Gasteiger partial charge in [-0.2, -0.15) is 0 Å². The molecule has 0 bridgehead atoms. The molecule has 5 nitrogen and oxygen atoms in total. The lowest BCUT2D eigenvalue weighted by Gasteiger charge is -2.28. The third-order valence-electron chi connectivity index (χ3n) is 3.42. The second-order valence-corrected chi connectivity index (χ2v) is 6.36. The smallest absolute Gasteiger partial charge is 0.410 e. The van der Waals surface area contributed by atoms with Crippen LogP contribution in [-0.4, -0.2) is 65.4 Å². The van der Waals surface area contributed by atoms with Gasteiger partial charge in [-0.3, -0.25) is 4.90 Å². The molecular formula is C14H28N2O3. The largest absolute Gasteiger partial charge is 0.444 e. The van der Waals surface area contributed by atoms with Gasteiger partial charge in [-0.05, 0) is 33.6 Å². The van der Waals surface area contributed by atoms with Crippen molar-refractivity contribution in [2.75, 3.05) is 26.7 Å². The fourth-order valence-corrected chi connectivity index (χ4v) is 2.20. The predicted octanol–water partition coefficient (Wildman–Crippen LogP) is 1.70. The highest BCUT2D eigenvalue weighted by atomic mass is 16.6. The van der Waals surface area contributed by atoms with Gasteiger partial charge in [0.25, 0.3) is 0 Å². The summed E-state index contributed by atoms with van der Waals surface area (Å²) in [5.41, 5.74) is -0.456. The van der Waals surface area contributed by atoms with E-state index in [0.29, 0.717) is 6.54 Å². The molecule has 5 heteroatoms. The predicted molar refractivity (Wildman–Crippen MR) is 75.1 cm³/mol. The van der Waals surface area contributed by atoms with Gasteiger partial charge in [-0.25, -0.2) is 4.79 Å². The van der Waals surface area contributed by atoms with E-state index in [-0.39, 0.29) is 18.2 Å². The van der Waals surface area contributed by atoms with Crippen LogP contribution in [-0.2, 0) is 4.74 Å². The van der Waals surface area contributed by atoms with Gasteiger partial charge in [0, 0.05) is 32.7 Å². The number of carbonyl (C=O) groups is 1. The van der Waals surface area contributed by atoms with Gasteiger partial charge in [0.15, 0.2) is 0 Å². The van der Waals surface area contributed by atoms with Crippen molar-refractivity contribution in [2.24, 2.45) is 0 Å². The minimum atomic E-state index is -0.456. The van der Waals surface area contributed by atoms with Crippen LogP contribution in [0.4, 0.5) is 4.79 Å². The fraction of sp³-hybridized carbons (Fsp3) is 0.929. The molecule has 2 atom stereocenters. The molecule has 19 heavy (non-hydrogen) atoms. The minimum absolute atomic E-state index is 0.180. The van der Waals surface area contributed by atoms with Gasteiger partial charge in [-0.15, -0.1) is 0 Å². The molecule has 0 saturated carbocycles. The molecular weight excluding hydrogens is 244 g/mol. The summed E-state index contributed by atoms with van der Waals surface area (Å²) < 4.78 is 5.37. The van der Waals surface area contributed by atoms with Gasteiger partial charge in [-0.1, -0.05) is 6.92 Å². The summed E-state index contributed by atoms with van der Waals surface area (Å²) in [6.45, 7) is 10.0. The lowest BCUT2D eigenvalue weighted by molar-refractivity contribution is 0.0225. The molecule has 1 aliphatic rings. The van der Waals surface area contributed by atoms with Crippen LogP contribution in [0.5, 0.6) is 0 Å². The zero-order valence-corrected chi connectivity index (χ0v) is 12.8. The molecule has 1 heterocycles. The molecule has 1 saturated heterocycles. The summed E-state index contributed by atoms with van der Waals surface area (Å²) in [4.78, 5) is 15.9. The third-order valence-corrected chi connectivity index (χ3v) is 3.42. The second-order valence-electron chi connectivity index (χ2n) is 6.36. The number of likely N-dealkylation sites (tertiary alicyclic amines) is 1. The molecule has 112 valence electrons. The van der Waals surface area contributed by atoms with E-state index in [1.807, 2.05) is 27.7 Å². The van der Waals surface area contributed by atoms with Crippen LogP contribution in [0.1, 0.15) is 40.5 Å². The van der Waals surface area contributed by atoms with Crippen LogP contribution < -0.4 is 0 Å². The van der Waals surface area contributed by atoms with Crippen molar-refractivity contribution in [3.8, 4) is 0 Å². The first-order valence-corrected chi connectivity index (χ1v) is 7.09. The van der Waals surface area contributed by atoms with Crippen LogP contribution in [0.25, 0.3) is 0 Å². The monoisotopic (exact) mass is 272 g/mol. The van der Waals surface area contributed by atoms with E-state index in [1.54, 1.807) is 11.9 Å². The Kier molecular flexibility index (Phi) is 5.62. The number of aliphatic hydroxyl groups is 1. The van der Waals surface area contributed by atoms with Crippen molar-refractivity contribution in [3.63, 3.8) is 0 Å². The van der Waals surface area contributed by atoms with Gasteiger partial charge >= 0.3 is 6.09 Å². The average Bonchev–Trinajstić information content (AvgIpc) is 2.73. The van der Waals surface area contributed by atoms with Crippen molar-refractivity contribution in [1.29, 1.82) is 0 Å². The van der Waals surface area contributed by atoms with Gasteiger partial charge in [0.2, 0.25) is 0 Å². The number of amides is 1. The SMILES string of the molecule is CCC(O)CN1CCC(N(C)C(=O)OC(C)(C)C)C1. The highest BCUT2D eigenvalue weighted by molar-refractivity contribution is 5.68. The summed E-state index contributed by atoms with van der Waals surface area (Å²) >= 11 is 0. The van der Waals surface area contributed by atoms with E-state index >= 15 is 0 Å². The first kappa shape index (κ1) is 16.2. The highest BCUT2D eigenvalue weighted by Crippen LogP contribution is 2.18. The van der Waals surface area contributed by atoms with Crippen LogP contribution in [0.3, 0.4) is 0 Å². The van der Waals surface area contributed by atoms with Crippen molar-refractivity contribution in [2.45, 2.75) is 58.3 Å². The van der Waals surface area contributed by atoms with Crippen molar-refractivity contribution >= 4 is 6.09 Å². The Labute approximate surface area is 116 Å². The molecule has 1 fully saturated rings. The summed E-state index contributed by atoms with van der Waals surface area (Å²) in [5, 5.41) is 9.66. The summed E-state index contributed by atoms with van der Waals surface area (Å²) in [7, 11) is 1.79. The summed E-state index contributed by atoms with van der Waals surface area (Å²) in [6.07, 6.45) is 1.16. The number of likely N-dealkylation sites (N-methyl/N-ethyl adjacent to an activating group) is 1. The minimum Gasteiger partial charge on any atom is -0.444 e. The average molecular weight is 272 g/mol. The zero-order valence-electron chi connectivity index (χ0n) is 12.8. The van der Waals surface area contributed by atoms with Gasteiger partial charge in [0.1, 0.15) is 5.60 Å². The van der Waals surface area contributed by atoms with E-state index in [1.165, 1.54) is 0 Å². The summed E-state index contributed by atoms with van der Waals surface area (Å²) in [6, 6.07) is 0.180. The number of hydrogen-bond acceptors (Lipinski definition) is 4. The first-order chi connectivity index (χ1) is 8.73. The lowest BCUT2D eigenvalue weighted by Crippen LogP contribution is -2.42. The van der Waals surface area contributed by atoms with Crippen LogP contribution in [0.2, 0.25) is 0 Å². The van der Waals surface area contributed by atoms with E-state index < -0.39 is 5.60 Å². The number of nitrogens with zero attached hydrogens (tertiary/aromatic N) is 2. The molecule has 1 rings (SSSR count). The number of rotatable bonds is 4. The first-order valence-electron chi connectivity index (χ1n) is 7.09. The number of carbonyl (C=O) groups excluding carboxylic acids is 1. The molecule has 2 unspecified atom stereocenters. The number of ether oxygens (including phenoxy) is 1. The molecule has 0 aromatic carbocycles. The molecule has 0 aromatic rings. The third kappa shape index (κ3) is 5.37. The molecule has 0 spiro atoms. The Bertz CT molecular complexity index is 302.